The lowest BCUT2D eigenvalue weighted by molar-refractivity contribution is 0.302. The molecule has 1 heterocycles. The zero-order valence-corrected chi connectivity index (χ0v) is 9.86. The molecular formula is C13H20N2O. The largest absolute Gasteiger partial charge is 0.494 e. The molecule has 16 heavy (non-hydrogen) atoms. The van der Waals surface area contributed by atoms with E-state index in [1.807, 2.05) is 19.1 Å². The van der Waals surface area contributed by atoms with Crippen LogP contribution in [0.1, 0.15) is 18.9 Å². The Bertz CT molecular complexity index is 340. The summed E-state index contributed by atoms with van der Waals surface area (Å²) in [6.45, 7) is 5.78. The standard InChI is InChI=1S/C13H20N2O/c1-2-16-13-6-4-3-5-11(13)9-15-8-7-12(14)10-15/h3-6,12H,2,7-10,14H2,1H3/t12-/m0/s1. The summed E-state index contributed by atoms with van der Waals surface area (Å²) in [7, 11) is 0. The van der Waals surface area contributed by atoms with Crippen LogP contribution in [0.15, 0.2) is 24.3 Å². The van der Waals surface area contributed by atoms with Gasteiger partial charge in [-0.05, 0) is 19.4 Å². The summed E-state index contributed by atoms with van der Waals surface area (Å²) in [5.41, 5.74) is 7.17. The first-order chi connectivity index (χ1) is 7.79. The maximum atomic E-state index is 5.90. The average Bonchev–Trinajstić information content (AvgIpc) is 2.67. The molecule has 3 nitrogen and oxygen atoms in total. The smallest absolute Gasteiger partial charge is 0.123 e. The number of benzene rings is 1. The Morgan fingerprint density at radius 2 is 2.25 bits per heavy atom. The van der Waals surface area contributed by atoms with Crippen LogP contribution in [0.4, 0.5) is 0 Å². The van der Waals surface area contributed by atoms with Gasteiger partial charge in [0.25, 0.3) is 0 Å². The van der Waals surface area contributed by atoms with Crippen molar-refractivity contribution in [3.05, 3.63) is 29.8 Å². The molecule has 0 bridgehead atoms. The maximum Gasteiger partial charge on any atom is 0.123 e. The molecule has 2 rings (SSSR count). The molecule has 1 aliphatic heterocycles. The quantitative estimate of drug-likeness (QED) is 0.838. The fourth-order valence-corrected chi connectivity index (χ4v) is 2.18. The minimum atomic E-state index is 0.347. The van der Waals surface area contributed by atoms with Gasteiger partial charge < -0.3 is 10.5 Å². The highest BCUT2D eigenvalue weighted by Crippen LogP contribution is 2.21. The monoisotopic (exact) mass is 220 g/mol. The molecule has 0 saturated carbocycles. The van der Waals surface area contributed by atoms with E-state index in [1.165, 1.54) is 5.56 Å². The fraction of sp³-hybridized carbons (Fsp3) is 0.538. The number of rotatable bonds is 4. The number of nitrogens with zero attached hydrogens (tertiary/aromatic N) is 1. The molecule has 0 unspecified atom stereocenters. The van der Waals surface area contributed by atoms with Gasteiger partial charge in [-0.3, -0.25) is 4.90 Å². The normalized spacial score (nSPS) is 21.2. The molecule has 88 valence electrons. The molecule has 1 atom stereocenters. The SMILES string of the molecule is CCOc1ccccc1CN1CC[C@H](N)C1. The molecule has 1 fully saturated rings. The van der Waals surface area contributed by atoms with Crippen LogP contribution in [-0.2, 0) is 6.54 Å². The third kappa shape index (κ3) is 2.74. The van der Waals surface area contributed by atoms with Crippen LogP contribution in [0.2, 0.25) is 0 Å². The number of hydrogen-bond acceptors (Lipinski definition) is 3. The van der Waals surface area contributed by atoms with Crippen molar-refractivity contribution in [2.75, 3.05) is 19.7 Å². The van der Waals surface area contributed by atoms with Gasteiger partial charge in [0.2, 0.25) is 0 Å². The van der Waals surface area contributed by atoms with E-state index in [2.05, 4.69) is 17.0 Å². The lowest BCUT2D eigenvalue weighted by Gasteiger charge is -2.17. The van der Waals surface area contributed by atoms with E-state index < -0.39 is 0 Å². The predicted octanol–water partition coefficient (Wildman–Crippen LogP) is 1.62. The Hall–Kier alpha value is -1.06. The predicted molar refractivity (Wildman–Crippen MR) is 65.5 cm³/mol. The van der Waals surface area contributed by atoms with Crippen LogP contribution >= 0.6 is 0 Å². The van der Waals surface area contributed by atoms with Gasteiger partial charge in [-0.25, -0.2) is 0 Å². The molecule has 0 spiro atoms. The van der Waals surface area contributed by atoms with Gasteiger partial charge in [-0.2, -0.15) is 0 Å². The van der Waals surface area contributed by atoms with Crippen molar-refractivity contribution in [1.29, 1.82) is 0 Å². The Morgan fingerprint density at radius 3 is 2.94 bits per heavy atom. The zero-order chi connectivity index (χ0) is 11.4. The molecule has 0 aromatic heterocycles. The summed E-state index contributed by atoms with van der Waals surface area (Å²) < 4.78 is 5.62. The van der Waals surface area contributed by atoms with Gasteiger partial charge in [0.15, 0.2) is 0 Å². The zero-order valence-electron chi connectivity index (χ0n) is 9.86. The first kappa shape index (κ1) is 11.4. The van der Waals surface area contributed by atoms with Crippen LogP contribution in [0.3, 0.4) is 0 Å². The van der Waals surface area contributed by atoms with E-state index in [4.69, 9.17) is 10.5 Å². The summed E-state index contributed by atoms with van der Waals surface area (Å²) in [4.78, 5) is 2.39. The minimum Gasteiger partial charge on any atom is -0.494 e. The van der Waals surface area contributed by atoms with Crippen molar-refractivity contribution in [3.8, 4) is 5.75 Å². The van der Waals surface area contributed by atoms with Crippen LogP contribution in [0.25, 0.3) is 0 Å². The van der Waals surface area contributed by atoms with Crippen molar-refractivity contribution in [3.63, 3.8) is 0 Å². The van der Waals surface area contributed by atoms with E-state index in [0.29, 0.717) is 6.04 Å². The van der Waals surface area contributed by atoms with E-state index in [9.17, 15) is 0 Å². The molecule has 1 aromatic rings. The van der Waals surface area contributed by atoms with Gasteiger partial charge in [-0.15, -0.1) is 0 Å². The van der Waals surface area contributed by atoms with Crippen molar-refractivity contribution in [2.45, 2.75) is 25.9 Å². The molecular weight excluding hydrogens is 200 g/mol. The van der Waals surface area contributed by atoms with Gasteiger partial charge in [-0.1, -0.05) is 18.2 Å². The first-order valence-electron chi connectivity index (χ1n) is 5.98. The van der Waals surface area contributed by atoms with E-state index >= 15 is 0 Å². The molecule has 0 aliphatic carbocycles. The van der Waals surface area contributed by atoms with E-state index in [1.54, 1.807) is 0 Å². The number of para-hydroxylation sites is 1. The van der Waals surface area contributed by atoms with Gasteiger partial charge in [0.05, 0.1) is 6.61 Å². The van der Waals surface area contributed by atoms with Gasteiger partial charge >= 0.3 is 0 Å². The Kier molecular flexibility index (Phi) is 3.80. The van der Waals surface area contributed by atoms with E-state index in [0.717, 1.165) is 38.4 Å². The number of hydrogen-bond donors (Lipinski definition) is 1. The van der Waals surface area contributed by atoms with Crippen LogP contribution < -0.4 is 10.5 Å². The summed E-state index contributed by atoms with van der Waals surface area (Å²) >= 11 is 0. The highest BCUT2D eigenvalue weighted by Gasteiger charge is 2.19. The second-order valence-electron chi connectivity index (χ2n) is 4.32. The molecule has 1 aliphatic rings. The second kappa shape index (κ2) is 5.32. The van der Waals surface area contributed by atoms with Crippen LogP contribution in [0.5, 0.6) is 5.75 Å². The van der Waals surface area contributed by atoms with Crippen molar-refractivity contribution < 1.29 is 4.74 Å². The Morgan fingerprint density at radius 1 is 1.44 bits per heavy atom. The molecule has 0 radical (unpaired) electrons. The number of nitrogens with two attached hydrogens (primary N) is 1. The average molecular weight is 220 g/mol. The summed E-state index contributed by atoms with van der Waals surface area (Å²) in [6.07, 6.45) is 1.11. The fourth-order valence-electron chi connectivity index (χ4n) is 2.18. The number of ether oxygens (including phenoxy) is 1. The van der Waals surface area contributed by atoms with Gasteiger partial charge in [0.1, 0.15) is 5.75 Å². The molecule has 3 heteroatoms. The second-order valence-corrected chi connectivity index (χ2v) is 4.32. The highest BCUT2D eigenvalue weighted by atomic mass is 16.5. The maximum absolute atomic E-state index is 5.90. The molecule has 1 aromatic carbocycles. The first-order valence-corrected chi connectivity index (χ1v) is 5.98. The van der Waals surface area contributed by atoms with Crippen molar-refractivity contribution >= 4 is 0 Å². The minimum absolute atomic E-state index is 0.347. The lowest BCUT2D eigenvalue weighted by atomic mass is 10.2. The number of likely N-dealkylation sites (tertiary alicyclic amines) is 1. The summed E-state index contributed by atoms with van der Waals surface area (Å²) in [5, 5.41) is 0. The third-order valence-corrected chi connectivity index (χ3v) is 2.98. The van der Waals surface area contributed by atoms with Crippen molar-refractivity contribution in [1.82, 2.24) is 4.90 Å². The molecule has 1 saturated heterocycles. The van der Waals surface area contributed by atoms with E-state index in [-0.39, 0.29) is 0 Å². The summed E-state index contributed by atoms with van der Waals surface area (Å²) in [5.74, 6) is 1.01. The lowest BCUT2D eigenvalue weighted by Crippen LogP contribution is -2.26. The van der Waals surface area contributed by atoms with Crippen LogP contribution in [-0.4, -0.2) is 30.6 Å². The topological polar surface area (TPSA) is 38.5 Å². The van der Waals surface area contributed by atoms with Crippen LogP contribution in [0, 0.1) is 0 Å². The molecule has 2 N–H and O–H groups in total. The Labute approximate surface area is 97.2 Å². The summed E-state index contributed by atoms with van der Waals surface area (Å²) in [6, 6.07) is 8.60. The third-order valence-electron chi connectivity index (χ3n) is 2.98. The van der Waals surface area contributed by atoms with Gasteiger partial charge in [0, 0.05) is 31.2 Å². The molecule has 0 amide bonds. The van der Waals surface area contributed by atoms with Crippen molar-refractivity contribution in [2.24, 2.45) is 5.73 Å². The highest BCUT2D eigenvalue weighted by molar-refractivity contribution is 5.33. The Balaban J connectivity index is 2.02.